The predicted octanol–water partition coefficient (Wildman–Crippen LogP) is 3.88. The number of nitrogens with zero attached hydrogens (tertiary/aromatic N) is 1. The van der Waals surface area contributed by atoms with Crippen LogP contribution in [0.25, 0.3) is 0 Å². The normalized spacial score (nSPS) is 14.2. The van der Waals surface area contributed by atoms with Crippen molar-refractivity contribution in [2.45, 2.75) is 44.4 Å². The number of benzene rings is 2. The number of fused-ring (bicyclic) bond motifs is 1. The molecule has 6 heteroatoms. The summed E-state index contributed by atoms with van der Waals surface area (Å²) in [7, 11) is -3.63. The third kappa shape index (κ3) is 3.90. The van der Waals surface area contributed by atoms with Crippen LogP contribution in [0.4, 0.5) is 11.4 Å². The zero-order valence-corrected chi connectivity index (χ0v) is 16.0. The molecule has 138 valence electrons. The number of unbranched alkanes of at least 4 members (excludes halogenated alkanes) is 1. The number of amides is 1. The lowest BCUT2D eigenvalue weighted by Gasteiger charge is -2.29. The Balaban J connectivity index is 1.86. The Morgan fingerprint density at radius 1 is 1.12 bits per heavy atom. The summed E-state index contributed by atoms with van der Waals surface area (Å²) in [4.78, 5) is 14.3. The third-order valence-electron chi connectivity index (χ3n) is 4.57. The molecule has 1 aliphatic rings. The fourth-order valence-corrected chi connectivity index (χ4v) is 4.34. The smallest absolute Gasteiger partial charge is 0.261 e. The second-order valence-corrected chi connectivity index (χ2v) is 8.35. The van der Waals surface area contributed by atoms with Crippen molar-refractivity contribution in [2.75, 3.05) is 16.2 Å². The van der Waals surface area contributed by atoms with Crippen molar-refractivity contribution in [1.29, 1.82) is 0 Å². The molecule has 1 aliphatic heterocycles. The van der Waals surface area contributed by atoms with Gasteiger partial charge < -0.3 is 4.90 Å². The number of carbonyl (C=O) groups is 1. The number of sulfonamides is 1. The summed E-state index contributed by atoms with van der Waals surface area (Å²) in [5.41, 5.74) is 3.32. The highest BCUT2D eigenvalue weighted by atomic mass is 32.2. The quantitative estimate of drug-likeness (QED) is 0.837. The molecule has 5 nitrogen and oxygen atoms in total. The van der Waals surface area contributed by atoms with E-state index in [9.17, 15) is 13.2 Å². The second kappa shape index (κ2) is 7.50. The summed E-state index contributed by atoms with van der Waals surface area (Å²) in [6.07, 6.45) is 3.07. The summed E-state index contributed by atoms with van der Waals surface area (Å²) in [5.74, 6) is 0.138. The van der Waals surface area contributed by atoms with Crippen molar-refractivity contribution in [2.24, 2.45) is 0 Å². The minimum absolute atomic E-state index is 0.138. The van der Waals surface area contributed by atoms with Gasteiger partial charge in [-0.25, -0.2) is 8.42 Å². The van der Waals surface area contributed by atoms with Crippen molar-refractivity contribution in [3.05, 3.63) is 53.6 Å². The van der Waals surface area contributed by atoms with Gasteiger partial charge in [0, 0.05) is 24.3 Å². The maximum absolute atomic E-state index is 12.6. The largest absolute Gasteiger partial charge is 0.312 e. The highest BCUT2D eigenvalue weighted by Crippen LogP contribution is 2.31. The van der Waals surface area contributed by atoms with E-state index in [4.69, 9.17) is 0 Å². The molecule has 1 amide bonds. The molecule has 0 bridgehead atoms. The van der Waals surface area contributed by atoms with Gasteiger partial charge in [0.25, 0.3) is 10.0 Å². The van der Waals surface area contributed by atoms with Crippen molar-refractivity contribution >= 4 is 27.3 Å². The molecule has 0 unspecified atom stereocenters. The number of hydrogen-bond donors (Lipinski definition) is 1. The van der Waals surface area contributed by atoms with Gasteiger partial charge >= 0.3 is 0 Å². The number of aryl methyl sites for hydroxylation is 2. The van der Waals surface area contributed by atoms with E-state index in [2.05, 4.69) is 11.6 Å². The minimum atomic E-state index is -3.63. The molecule has 0 aromatic heterocycles. The molecular weight excluding hydrogens is 348 g/mol. The SMILES string of the molecule is CCCCN1C(=O)CCc2cc(NS(=O)(=O)c3cccc(C)c3)ccc21. The molecule has 0 spiro atoms. The van der Waals surface area contributed by atoms with Crippen LogP contribution in [0.3, 0.4) is 0 Å². The Bertz CT molecular complexity index is 922. The Labute approximate surface area is 155 Å². The van der Waals surface area contributed by atoms with E-state index >= 15 is 0 Å². The van der Waals surface area contributed by atoms with Crippen LogP contribution in [-0.4, -0.2) is 20.9 Å². The molecule has 1 N–H and O–H groups in total. The average Bonchev–Trinajstić information content (AvgIpc) is 2.61. The minimum Gasteiger partial charge on any atom is -0.312 e. The van der Waals surface area contributed by atoms with Gasteiger partial charge in [0.05, 0.1) is 4.90 Å². The lowest BCUT2D eigenvalue weighted by atomic mass is 10.00. The van der Waals surface area contributed by atoms with Gasteiger partial charge in [-0.05, 0) is 61.2 Å². The van der Waals surface area contributed by atoms with E-state index in [0.29, 0.717) is 25.1 Å². The first-order valence-electron chi connectivity index (χ1n) is 8.93. The highest BCUT2D eigenvalue weighted by Gasteiger charge is 2.24. The molecule has 2 aromatic rings. The number of hydrogen-bond acceptors (Lipinski definition) is 3. The fourth-order valence-electron chi connectivity index (χ4n) is 3.18. The monoisotopic (exact) mass is 372 g/mol. The molecule has 0 aliphatic carbocycles. The van der Waals surface area contributed by atoms with Crippen LogP contribution < -0.4 is 9.62 Å². The topological polar surface area (TPSA) is 66.5 Å². The summed E-state index contributed by atoms with van der Waals surface area (Å²) >= 11 is 0. The van der Waals surface area contributed by atoms with Crippen LogP contribution in [0.2, 0.25) is 0 Å². The van der Waals surface area contributed by atoms with Gasteiger partial charge in [-0.3, -0.25) is 9.52 Å². The lowest BCUT2D eigenvalue weighted by Crippen LogP contribution is -2.35. The summed E-state index contributed by atoms with van der Waals surface area (Å²) in [5, 5.41) is 0. The highest BCUT2D eigenvalue weighted by molar-refractivity contribution is 7.92. The number of nitrogens with one attached hydrogen (secondary N) is 1. The van der Waals surface area contributed by atoms with Crippen LogP contribution >= 0.6 is 0 Å². The fraction of sp³-hybridized carbons (Fsp3) is 0.350. The van der Waals surface area contributed by atoms with E-state index < -0.39 is 10.0 Å². The lowest BCUT2D eigenvalue weighted by molar-refractivity contribution is -0.118. The van der Waals surface area contributed by atoms with Crippen LogP contribution in [0.1, 0.15) is 37.3 Å². The number of carbonyl (C=O) groups excluding carboxylic acids is 1. The Morgan fingerprint density at radius 2 is 1.92 bits per heavy atom. The number of rotatable bonds is 6. The molecular formula is C20H24N2O3S. The van der Waals surface area contributed by atoms with Gasteiger partial charge in [-0.1, -0.05) is 25.5 Å². The maximum atomic E-state index is 12.6. The molecule has 26 heavy (non-hydrogen) atoms. The summed E-state index contributed by atoms with van der Waals surface area (Å²) in [6.45, 7) is 4.66. The molecule has 3 rings (SSSR count). The van der Waals surface area contributed by atoms with Crippen LogP contribution in [0, 0.1) is 6.92 Å². The van der Waals surface area contributed by atoms with Gasteiger partial charge in [-0.15, -0.1) is 0 Å². The first-order valence-corrected chi connectivity index (χ1v) is 10.4. The van der Waals surface area contributed by atoms with E-state index in [1.807, 2.05) is 30.0 Å². The average molecular weight is 372 g/mol. The summed E-state index contributed by atoms with van der Waals surface area (Å²) in [6, 6.07) is 12.2. The van der Waals surface area contributed by atoms with E-state index in [-0.39, 0.29) is 10.8 Å². The second-order valence-electron chi connectivity index (χ2n) is 6.66. The molecule has 1 heterocycles. The molecule has 0 radical (unpaired) electrons. The van der Waals surface area contributed by atoms with E-state index in [1.165, 1.54) is 0 Å². The molecule has 2 aromatic carbocycles. The number of anilines is 2. The van der Waals surface area contributed by atoms with Crippen LogP contribution in [0.15, 0.2) is 47.4 Å². The van der Waals surface area contributed by atoms with Gasteiger partial charge in [0.2, 0.25) is 5.91 Å². The summed E-state index contributed by atoms with van der Waals surface area (Å²) < 4.78 is 27.9. The van der Waals surface area contributed by atoms with Crippen molar-refractivity contribution in [3.8, 4) is 0 Å². The molecule has 0 saturated heterocycles. The molecule has 0 saturated carbocycles. The Hall–Kier alpha value is -2.34. The van der Waals surface area contributed by atoms with E-state index in [1.54, 1.807) is 24.3 Å². The Morgan fingerprint density at radius 3 is 2.65 bits per heavy atom. The Kier molecular flexibility index (Phi) is 5.32. The predicted molar refractivity (Wildman–Crippen MR) is 104 cm³/mol. The molecule has 0 fully saturated rings. The van der Waals surface area contributed by atoms with Crippen molar-refractivity contribution < 1.29 is 13.2 Å². The van der Waals surface area contributed by atoms with Gasteiger partial charge in [0.1, 0.15) is 0 Å². The van der Waals surface area contributed by atoms with Crippen molar-refractivity contribution in [3.63, 3.8) is 0 Å². The third-order valence-corrected chi connectivity index (χ3v) is 5.95. The first-order chi connectivity index (χ1) is 12.4. The van der Waals surface area contributed by atoms with Crippen molar-refractivity contribution in [1.82, 2.24) is 0 Å². The van der Waals surface area contributed by atoms with Gasteiger partial charge in [0.15, 0.2) is 0 Å². The maximum Gasteiger partial charge on any atom is 0.261 e. The zero-order valence-electron chi connectivity index (χ0n) is 15.2. The van der Waals surface area contributed by atoms with Crippen LogP contribution in [-0.2, 0) is 21.2 Å². The standard InChI is InChI=1S/C20H24N2O3S/c1-3-4-12-22-19-10-9-17(14-16(19)8-11-20(22)23)21-26(24,25)18-7-5-6-15(2)13-18/h5-7,9-10,13-14,21H,3-4,8,11-12H2,1-2H3. The molecule has 0 atom stereocenters. The van der Waals surface area contributed by atoms with Crippen LogP contribution in [0.5, 0.6) is 0 Å². The zero-order chi connectivity index (χ0) is 18.7. The van der Waals surface area contributed by atoms with Gasteiger partial charge in [-0.2, -0.15) is 0 Å². The van der Waals surface area contributed by atoms with E-state index in [0.717, 1.165) is 29.7 Å². The first kappa shape index (κ1) is 18.5.